The van der Waals surface area contributed by atoms with Crippen LogP contribution < -0.4 is 5.32 Å². The zero-order valence-electron chi connectivity index (χ0n) is 14.9. The lowest BCUT2D eigenvalue weighted by molar-refractivity contribution is -0.185. The molecule has 0 radical (unpaired) electrons. The maximum absolute atomic E-state index is 12.3. The van der Waals surface area contributed by atoms with Gasteiger partial charge in [0, 0.05) is 36.9 Å². The largest absolute Gasteiger partial charge is 0.347 e. The molecule has 3 heterocycles. The van der Waals surface area contributed by atoms with Crippen molar-refractivity contribution < 1.29 is 14.3 Å². The summed E-state index contributed by atoms with van der Waals surface area (Å²) in [4.78, 5) is 19.0. The summed E-state index contributed by atoms with van der Waals surface area (Å²) in [6, 6.07) is 8.22. The van der Waals surface area contributed by atoms with Gasteiger partial charge in [-0.1, -0.05) is 29.8 Å². The number of carbonyl (C=O) groups excluding carboxylic acids is 1. The number of carbonyl (C=O) groups is 1. The summed E-state index contributed by atoms with van der Waals surface area (Å²) < 4.78 is 11.4. The van der Waals surface area contributed by atoms with E-state index in [1.54, 1.807) is 0 Å². The predicted octanol–water partition coefficient (Wildman–Crippen LogP) is 2.90. The second kappa shape index (κ2) is 7.44. The first-order valence-electron chi connectivity index (χ1n) is 8.95. The highest BCUT2D eigenvalue weighted by Crippen LogP contribution is 2.31. The summed E-state index contributed by atoms with van der Waals surface area (Å²) in [5, 5.41) is 5.53. The van der Waals surface area contributed by atoms with Crippen LogP contribution in [-0.4, -0.2) is 54.4 Å². The van der Waals surface area contributed by atoms with E-state index in [-0.39, 0.29) is 5.91 Å². The van der Waals surface area contributed by atoms with E-state index in [1.807, 2.05) is 17.5 Å². The van der Waals surface area contributed by atoms with Crippen LogP contribution in [0.15, 0.2) is 29.6 Å². The van der Waals surface area contributed by atoms with Crippen molar-refractivity contribution in [3.05, 3.63) is 35.2 Å². The summed E-state index contributed by atoms with van der Waals surface area (Å²) in [6.07, 6.45) is 1.63. The van der Waals surface area contributed by atoms with E-state index in [0.29, 0.717) is 24.9 Å². The quantitative estimate of drug-likeness (QED) is 0.893. The van der Waals surface area contributed by atoms with E-state index >= 15 is 0 Å². The molecule has 0 unspecified atom stereocenters. The Bertz CT molecular complexity index is 759. The van der Waals surface area contributed by atoms with Crippen LogP contribution in [0.3, 0.4) is 0 Å². The number of nitrogens with one attached hydrogen (secondary N) is 1. The maximum atomic E-state index is 12.3. The van der Waals surface area contributed by atoms with Crippen molar-refractivity contribution in [2.24, 2.45) is 0 Å². The van der Waals surface area contributed by atoms with E-state index in [1.165, 1.54) is 16.9 Å². The molecule has 0 aliphatic carbocycles. The third-order valence-electron chi connectivity index (χ3n) is 4.90. The third-order valence-corrected chi connectivity index (χ3v) is 5.65. The molecule has 1 aromatic heterocycles. The SMILES string of the molecule is Cc1ccc(-c2csc(NC(=O)CN3CCC4(CC3)OCCO4)n2)cc1. The molecule has 1 aromatic carbocycles. The van der Waals surface area contributed by atoms with Crippen LogP contribution in [0.2, 0.25) is 0 Å². The Balaban J connectivity index is 1.29. The molecule has 0 saturated carbocycles. The number of benzene rings is 1. The lowest BCUT2D eigenvalue weighted by Crippen LogP contribution is -2.47. The molecule has 138 valence electrons. The summed E-state index contributed by atoms with van der Waals surface area (Å²) in [5.74, 6) is -0.426. The van der Waals surface area contributed by atoms with Crippen molar-refractivity contribution in [1.29, 1.82) is 0 Å². The summed E-state index contributed by atoms with van der Waals surface area (Å²) in [6.45, 7) is 5.39. The third kappa shape index (κ3) is 3.96. The first kappa shape index (κ1) is 17.6. The van der Waals surface area contributed by atoms with Gasteiger partial charge in [0.05, 0.1) is 25.5 Å². The average molecular weight is 373 g/mol. The van der Waals surface area contributed by atoms with Crippen LogP contribution in [0.25, 0.3) is 11.3 Å². The van der Waals surface area contributed by atoms with Crippen molar-refractivity contribution in [1.82, 2.24) is 9.88 Å². The Morgan fingerprint density at radius 2 is 1.92 bits per heavy atom. The van der Waals surface area contributed by atoms with Gasteiger partial charge in [-0.25, -0.2) is 4.98 Å². The summed E-state index contributed by atoms with van der Waals surface area (Å²) in [7, 11) is 0. The Kier molecular flexibility index (Phi) is 5.04. The van der Waals surface area contributed by atoms with E-state index in [4.69, 9.17) is 9.47 Å². The summed E-state index contributed by atoms with van der Waals surface area (Å²) in [5.41, 5.74) is 3.17. The minimum Gasteiger partial charge on any atom is -0.347 e. The molecule has 2 saturated heterocycles. The van der Waals surface area contributed by atoms with Gasteiger partial charge in [-0.15, -0.1) is 11.3 Å². The van der Waals surface area contributed by atoms with E-state index < -0.39 is 5.79 Å². The maximum Gasteiger partial charge on any atom is 0.240 e. The topological polar surface area (TPSA) is 63.7 Å². The Hall–Kier alpha value is -1.80. The monoisotopic (exact) mass is 373 g/mol. The van der Waals surface area contributed by atoms with Crippen molar-refractivity contribution in [2.75, 3.05) is 38.2 Å². The van der Waals surface area contributed by atoms with Crippen molar-refractivity contribution in [3.63, 3.8) is 0 Å². The Morgan fingerprint density at radius 3 is 2.62 bits per heavy atom. The van der Waals surface area contributed by atoms with Gasteiger partial charge in [-0.3, -0.25) is 9.69 Å². The lowest BCUT2D eigenvalue weighted by Gasteiger charge is -2.37. The minimum absolute atomic E-state index is 0.0287. The highest BCUT2D eigenvalue weighted by molar-refractivity contribution is 7.14. The Labute approximate surface area is 157 Å². The zero-order valence-corrected chi connectivity index (χ0v) is 15.7. The molecule has 2 aromatic rings. The number of amides is 1. The van der Waals surface area contributed by atoms with Crippen LogP contribution in [0.5, 0.6) is 0 Å². The first-order chi connectivity index (χ1) is 12.6. The average Bonchev–Trinajstić information content (AvgIpc) is 3.28. The molecule has 6 nitrogen and oxygen atoms in total. The van der Waals surface area contributed by atoms with Gasteiger partial charge in [0.15, 0.2) is 10.9 Å². The number of rotatable bonds is 4. The van der Waals surface area contributed by atoms with Crippen molar-refractivity contribution in [2.45, 2.75) is 25.6 Å². The second-order valence-corrected chi connectivity index (χ2v) is 7.69. The van der Waals surface area contributed by atoms with Crippen LogP contribution in [0, 0.1) is 6.92 Å². The van der Waals surface area contributed by atoms with Gasteiger partial charge in [-0.2, -0.15) is 0 Å². The van der Waals surface area contributed by atoms with Gasteiger partial charge in [0.2, 0.25) is 5.91 Å². The molecule has 2 aliphatic rings. The Morgan fingerprint density at radius 1 is 1.23 bits per heavy atom. The van der Waals surface area contributed by atoms with E-state index in [9.17, 15) is 4.79 Å². The number of piperidine rings is 1. The van der Waals surface area contributed by atoms with E-state index in [0.717, 1.165) is 37.2 Å². The predicted molar refractivity (Wildman–Crippen MR) is 101 cm³/mol. The highest BCUT2D eigenvalue weighted by atomic mass is 32.1. The fourth-order valence-electron chi connectivity index (χ4n) is 3.39. The van der Waals surface area contributed by atoms with Gasteiger partial charge in [0.1, 0.15) is 0 Å². The van der Waals surface area contributed by atoms with Crippen LogP contribution in [0.4, 0.5) is 5.13 Å². The normalized spacial score (nSPS) is 19.7. The zero-order chi connectivity index (χ0) is 18.0. The van der Waals surface area contributed by atoms with Crippen LogP contribution >= 0.6 is 11.3 Å². The van der Waals surface area contributed by atoms with Gasteiger partial charge in [-0.05, 0) is 6.92 Å². The smallest absolute Gasteiger partial charge is 0.240 e. The number of aryl methyl sites for hydroxylation is 1. The molecule has 2 aliphatic heterocycles. The number of likely N-dealkylation sites (tertiary alicyclic amines) is 1. The van der Waals surface area contributed by atoms with Gasteiger partial charge >= 0.3 is 0 Å². The number of anilines is 1. The fraction of sp³-hybridized carbons (Fsp3) is 0.474. The van der Waals surface area contributed by atoms with Crippen LogP contribution in [0.1, 0.15) is 18.4 Å². The molecule has 0 atom stereocenters. The number of hydrogen-bond donors (Lipinski definition) is 1. The van der Waals surface area contributed by atoms with Gasteiger partial charge < -0.3 is 14.8 Å². The lowest BCUT2D eigenvalue weighted by atomic mass is 10.0. The molecule has 1 amide bonds. The number of nitrogens with zero attached hydrogens (tertiary/aromatic N) is 2. The fourth-order valence-corrected chi connectivity index (χ4v) is 4.12. The molecule has 1 spiro atoms. The molecule has 2 fully saturated rings. The first-order valence-corrected chi connectivity index (χ1v) is 9.83. The number of thiazole rings is 1. The van der Waals surface area contributed by atoms with Crippen molar-refractivity contribution >= 4 is 22.4 Å². The molecule has 0 bridgehead atoms. The standard InChI is InChI=1S/C19H23N3O3S/c1-14-2-4-15(5-3-14)16-13-26-18(20-16)21-17(23)12-22-8-6-19(7-9-22)24-10-11-25-19/h2-5,13H,6-12H2,1H3,(H,20,21,23). The van der Waals surface area contributed by atoms with Crippen molar-refractivity contribution in [3.8, 4) is 11.3 Å². The van der Waals surface area contributed by atoms with E-state index in [2.05, 4.69) is 34.3 Å². The number of aromatic nitrogens is 1. The number of ether oxygens (including phenoxy) is 2. The minimum atomic E-state index is -0.398. The molecular weight excluding hydrogens is 350 g/mol. The molecule has 4 rings (SSSR count). The number of hydrogen-bond acceptors (Lipinski definition) is 6. The molecule has 7 heteroatoms. The molecule has 1 N–H and O–H groups in total. The highest BCUT2D eigenvalue weighted by Gasteiger charge is 2.39. The van der Waals surface area contributed by atoms with Gasteiger partial charge in [0.25, 0.3) is 0 Å². The molecular formula is C19H23N3O3S. The molecule has 26 heavy (non-hydrogen) atoms. The van der Waals surface area contributed by atoms with Crippen LogP contribution in [-0.2, 0) is 14.3 Å². The summed E-state index contributed by atoms with van der Waals surface area (Å²) >= 11 is 1.45. The second-order valence-electron chi connectivity index (χ2n) is 6.84.